The third kappa shape index (κ3) is 6.88. The van der Waals surface area contributed by atoms with Crippen LogP contribution in [0, 0.1) is 5.82 Å². The van der Waals surface area contributed by atoms with Crippen molar-refractivity contribution in [1.82, 2.24) is 9.88 Å². The zero-order valence-electron chi connectivity index (χ0n) is 23.7. The topological polar surface area (TPSA) is 85.8 Å². The molecule has 2 aliphatic rings. The van der Waals surface area contributed by atoms with Crippen LogP contribution in [0.15, 0.2) is 91.1 Å². The molecule has 0 aliphatic carbocycles. The van der Waals surface area contributed by atoms with Crippen LogP contribution >= 0.6 is 0 Å². The fourth-order valence-corrected chi connectivity index (χ4v) is 7.23. The molecule has 1 spiro atoms. The normalized spacial score (nSPS) is 15.9. The molecule has 0 N–H and O–H groups in total. The Kier molecular flexibility index (Phi) is 8.17. The summed E-state index contributed by atoms with van der Waals surface area (Å²) in [5.41, 5.74) is 4.52. The molecule has 1 saturated heterocycles. The van der Waals surface area contributed by atoms with Crippen LogP contribution in [0.1, 0.15) is 41.6 Å². The van der Waals surface area contributed by atoms with E-state index in [9.17, 15) is 17.6 Å². The molecule has 3 aromatic carbocycles. The molecule has 1 amide bonds. The zero-order valence-corrected chi connectivity index (χ0v) is 24.6. The van der Waals surface area contributed by atoms with Gasteiger partial charge in [-0.25, -0.2) is 17.6 Å². The van der Waals surface area contributed by atoms with Gasteiger partial charge in [0.1, 0.15) is 23.8 Å². The van der Waals surface area contributed by atoms with Crippen LogP contribution in [-0.4, -0.2) is 43.1 Å². The van der Waals surface area contributed by atoms with Gasteiger partial charge in [-0.3, -0.25) is 4.98 Å². The zero-order chi connectivity index (χ0) is 29.9. The van der Waals surface area contributed by atoms with Crippen molar-refractivity contribution in [2.45, 2.75) is 49.4 Å². The Morgan fingerprint density at radius 2 is 1.65 bits per heavy atom. The van der Waals surface area contributed by atoms with Gasteiger partial charge in [0.25, 0.3) is 0 Å². The summed E-state index contributed by atoms with van der Waals surface area (Å²) in [6.45, 7) is 0.952. The molecule has 0 atom stereocenters. The van der Waals surface area contributed by atoms with Gasteiger partial charge >= 0.3 is 6.09 Å². The van der Waals surface area contributed by atoms with Crippen LogP contribution in [0.2, 0.25) is 0 Å². The van der Waals surface area contributed by atoms with Crippen molar-refractivity contribution >= 4 is 15.9 Å². The lowest BCUT2D eigenvalue weighted by Crippen LogP contribution is -2.51. The molecular weight excluding hydrogens is 567 g/mol. The number of piperidine rings is 1. The Bertz CT molecular complexity index is 1700. The molecule has 0 unspecified atom stereocenters. The minimum Gasteiger partial charge on any atom is -0.487 e. The number of sulfone groups is 1. The summed E-state index contributed by atoms with van der Waals surface area (Å²) in [4.78, 5) is 18.4. The van der Waals surface area contributed by atoms with E-state index >= 15 is 0 Å². The van der Waals surface area contributed by atoms with Gasteiger partial charge in [-0.1, -0.05) is 54.6 Å². The molecular formula is C34H33FN2O5S. The molecule has 0 radical (unpaired) electrons. The van der Waals surface area contributed by atoms with Crippen LogP contribution in [0.25, 0.3) is 11.1 Å². The van der Waals surface area contributed by atoms with Gasteiger partial charge in [-0.05, 0) is 65.4 Å². The van der Waals surface area contributed by atoms with Gasteiger partial charge in [0.05, 0.1) is 17.2 Å². The number of aryl methyl sites for hydroxylation is 1. The molecule has 6 rings (SSSR count). The number of amides is 1. The highest BCUT2D eigenvalue weighted by molar-refractivity contribution is 7.89. The van der Waals surface area contributed by atoms with E-state index in [0.29, 0.717) is 37.2 Å². The van der Waals surface area contributed by atoms with Crippen molar-refractivity contribution in [1.29, 1.82) is 0 Å². The second kappa shape index (κ2) is 12.2. The molecule has 1 fully saturated rings. The number of hydrogen-bond acceptors (Lipinski definition) is 6. The lowest BCUT2D eigenvalue weighted by Gasteiger charge is -2.44. The number of ether oxygens (including phenoxy) is 2. The number of benzene rings is 3. The second-order valence-electron chi connectivity index (χ2n) is 11.3. The lowest BCUT2D eigenvalue weighted by molar-refractivity contribution is -0.0151. The number of carbonyl (C=O) groups is 1. The van der Waals surface area contributed by atoms with Crippen molar-refractivity contribution in [3.63, 3.8) is 0 Å². The average Bonchev–Trinajstić information content (AvgIpc) is 3.01. The number of aromatic nitrogens is 1. The van der Waals surface area contributed by atoms with E-state index in [1.54, 1.807) is 47.5 Å². The number of fused-ring (bicyclic) bond motifs is 1. The quantitative estimate of drug-likeness (QED) is 0.241. The van der Waals surface area contributed by atoms with E-state index in [0.717, 1.165) is 40.8 Å². The third-order valence-electron chi connectivity index (χ3n) is 8.25. The predicted molar refractivity (Wildman–Crippen MR) is 162 cm³/mol. The summed E-state index contributed by atoms with van der Waals surface area (Å²) in [5, 5.41) is 0. The average molecular weight is 601 g/mol. The van der Waals surface area contributed by atoms with Crippen LogP contribution in [0.5, 0.6) is 5.75 Å². The molecule has 0 bridgehead atoms. The summed E-state index contributed by atoms with van der Waals surface area (Å²) >= 11 is 0. The number of carbonyl (C=O) groups excluding carboxylic acids is 1. The Morgan fingerprint density at radius 1 is 0.907 bits per heavy atom. The van der Waals surface area contributed by atoms with E-state index in [2.05, 4.69) is 11.1 Å². The first kappa shape index (κ1) is 28.9. The van der Waals surface area contributed by atoms with Gasteiger partial charge in [0.2, 0.25) is 0 Å². The Hall–Kier alpha value is -4.24. The van der Waals surface area contributed by atoms with Gasteiger partial charge < -0.3 is 14.4 Å². The smallest absolute Gasteiger partial charge is 0.410 e. The minimum absolute atomic E-state index is 0.0370. The van der Waals surface area contributed by atoms with Gasteiger partial charge in [-0.15, -0.1) is 0 Å². The molecule has 222 valence electrons. The van der Waals surface area contributed by atoms with Crippen molar-refractivity contribution in [2.24, 2.45) is 0 Å². The van der Waals surface area contributed by atoms with Gasteiger partial charge in [0.15, 0.2) is 9.84 Å². The summed E-state index contributed by atoms with van der Waals surface area (Å²) in [6, 6.07) is 25.4. The van der Waals surface area contributed by atoms with E-state index in [-0.39, 0.29) is 29.5 Å². The van der Waals surface area contributed by atoms with Crippen molar-refractivity contribution in [2.75, 3.05) is 13.1 Å². The summed E-state index contributed by atoms with van der Waals surface area (Å²) < 4.78 is 51.1. The molecule has 4 aromatic rings. The summed E-state index contributed by atoms with van der Waals surface area (Å²) in [5.74, 6) is 0.359. The fraction of sp³-hybridized carbons (Fsp3) is 0.294. The molecule has 9 heteroatoms. The van der Waals surface area contributed by atoms with E-state index < -0.39 is 15.9 Å². The van der Waals surface area contributed by atoms with Gasteiger partial charge in [0, 0.05) is 37.7 Å². The van der Waals surface area contributed by atoms with E-state index in [4.69, 9.17) is 9.47 Å². The third-order valence-corrected chi connectivity index (χ3v) is 9.76. The number of rotatable bonds is 7. The highest BCUT2D eigenvalue weighted by Crippen LogP contribution is 2.41. The monoisotopic (exact) mass is 600 g/mol. The van der Waals surface area contributed by atoms with Crippen molar-refractivity contribution in [3.05, 3.63) is 119 Å². The largest absolute Gasteiger partial charge is 0.487 e. The Balaban J connectivity index is 1.04. The Morgan fingerprint density at radius 3 is 2.40 bits per heavy atom. The lowest BCUT2D eigenvalue weighted by atomic mass is 9.82. The number of likely N-dealkylation sites (tertiary alicyclic amines) is 1. The summed E-state index contributed by atoms with van der Waals surface area (Å²) in [6.07, 6.45) is 4.29. The van der Waals surface area contributed by atoms with Crippen LogP contribution in [0.3, 0.4) is 0 Å². The number of halogens is 1. The molecule has 43 heavy (non-hydrogen) atoms. The molecule has 3 heterocycles. The van der Waals surface area contributed by atoms with Crippen molar-refractivity contribution in [3.8, 4) is 16.9 Å². The SMILES string of the molecule is O=C(OCc1ccccc1F)N1CCC2(CCc3cc(-c4ccc(CS(=O)(=O)Cc5ccccn5)cc4)ccc3O2)CC1. The Labute approximate surface area is 251 Å². The van der Waals surface area contributed by atoms with Crippen LogP contribution < -0.4 is 4.74 Å². The number of hydrogen-bond donors (Lipinski definition) is 0. The molecule has 2 aliphatic heterocycles. The maximum absolute atomic E-state index is 13.9. The molecule has 0 saturated carbocycles. The highest BCUT2D eigenvalue weighted by Gasteiger charge is 2.40. The maximum atomic E-state index is 13.9. The van der Waals surface area contributed by atoms with E-state index in [1.807, 2.05) is 36.4 Å². The molecule has 1 aromatic heterocycles. The van der Waals surface area contributed by atoms with E-state index in [1.165, 1.54) is 6.07 Å². The van der Waals surface area contributed by atoms with Gasteiger partial charge in [-0.2, -0.15) is 0 Å². The summed E-state index contributed by atoms with van der Waals surface area (Å²) in [7, 11) is -3.34. The first-order chi connectivity index (χ1) is 20.8. The van der Waals surface area contributed by atoms with Crippen LogP contribution in [-0.2, 0) is 39.1 Å². The first-order valence-electron chi connectivity index (χ1n) is 14.4. The predicted octanol–water partition coefficient (Wildman–Crippen LogP) is 6.50. The maximum Gasteiger partial charge on any atom is 0.410 e. The standard InChI is InChI=1S/C34H33FN2O5S/c35-31-7-2-1-5-29(31)22-41-33(38)37-19-16-34(17-20-37)15-14-28-21-27(12-13-32(28)42-34)26-10-8-25(9-11-26)23-43(39,40)24-30-6-3-4-18-36-30/h1-13,18,21H,14-17,19-20,22-24H2. The highest BCUT2D eigenvalue weighted by atomic mass is 32.2. The minimum atomic E-state index is -3.34. The molecule has 7 nitrogen and oxygen atoms in total. The number of nitrogens with zero attached hydrogens (tertiary/aromatic N) is 2. The fourth-order valence-electron chi connectivity index (χ4n) is 5.80. The van der Waals surface area contributed by atoms with Crippen LogP contribution in [0.4, 0.5) is 9.18 Å². The first-order valence-corrected chi connectivity index (χ1v) is 16.3. The number of pyridine rings is 1. The van der Waals surface area contributed by atoms with Crippen molar-refractivity contribution < 1.29 is 27.1 Å². The second-order valence-corrected chi connectivity index (χ2v) is 13.4.